The maximum Gasteiger partial charge on any atom is 0.267 e. The highest BCUT2D eigenvalue weighted by molar-refractivity contribution is 5.86. The minimum Gasteiger partial charge on any atom is -0.368 e. The van der Waals surface area contributed by atoms with Crippen LogP contribution in [-0.4, -0.2) is 37.6 Å². The van der Waals surface area contributed by atoms with E-state index in [0.717, 1.165) is 31.5 Å². The molecule has 0 saturated carbocycles. The lowest BCUT2D eigenvalue weighted by Gasteiger charge is -2.30. The van der Waals surface area contributed by atoms with Crippen LogP contribution in [0, 0.1) is 0 Å². The minimum absolute atomic E-state index is 0.219. The second kappa shape index (κ2) is 6.79. The Hall–Kier alpha value is -2.08. The number of carbonyl (C=O) groups is 2. The molecular weight excluding hydrogens is 282 g/mol. The number of hydrogen-bond acceptors (Lipinski definition) is 4. The molecule has 0 aromatic heterocycles. The average Bonchev–Trinajstić information content (AvgIpc) is 3.07. The van der Waals surface area contributed by atoms with E-state index < -0.39 is 6.10 Å². The molecule has 2 heterocycles. The normalized spacial score (nSPS) is 20.4. The summed E-state index contributed by atoms with van der Waals surface area (Å²) in [6, 6.07) is 8.13. The van der Waals surface area contributed by atoms with Crippen LogP contribution in [0.4, 0.5) is 5.69 Å². The number of hydrazine groups is 1. The summed E-state index contributed by atoms with van der Waals surface area (Å²) >= 11 is 0. The molecule has 2 aliphatic heterocycles. The molecule has 2 amide bonds. The monoisotopic (exact) mass is 303 g/mol. The van der Waals surface area contributed by atoms with Crippen molar-refractivity contribution < 1.29 is 14.3 Å². The van der Waals surface area contributed by atoms with Gasteiger partial charge in [-0.25, -0.2) is 0 Å². The number of hydrogen-bond donors (Lipinski definition) is 2. The number of aryl methyl sites for hydroxylation is 1. The molecule has 2 aliphatic rings. The van der Waals surface area contributed by atoms with E-state index in [-0.39, 0.29) is 18.4 Å². The molecule has 6 nitrogen and oxygen atoms in total. The Kier molecular flexibility index (Phi) is 4.58. The van der Waals surface area contributed by atoms with Gasteiger partial charge < -0.3 is 9.64 Å². The van der Waals surface area contributed by atoms with Crippen LogP contribution in [0.25, 0.3) is 0 Å². The number of benzene rings is 1. The Morgan fingerprint density at radius 1 is 1.23 bits per heavy atom. The number of rotatable bonds is 3. The SMILES string of the molecule is O=C(CN1CCCc2ccccc21)NNC(=O)[C@@H]1CCCO1. The highest BCUT2D eigenvalue weighted by Crippen LogP contribution is 2.26. The van der Waals surface area contributed by atoms with E-state index in [4.69, 9.17) is 4.74 Å². The Morgan fingerprint density at radius 3 is 2.91 bits per heavy atom. The molecule has 22 heavy (non-hydrogen) atoms. The van der Waals surface area contributed by atoms with Crippen molar-refractivity contribution in [3.8, 4) is 0 Å². The lowest BCUT2D eigenvalue weighted by molar-refractivity contribution is -0.134. The Bertz CT molecular complexity index is 555. The molecule has 0 aliphatic carbocycles. The zero-order chi connectivity index (χ0) is 15.4. The molecule has 0 bridgehead atoms. The molecule has 1 fully saturated rings. The van der Waals surface area contributed by atoms with Crippen LogP contribution in [-0.2, 0) is 20.7 Å². The summed E-state index contributed by atoms with van der Waals surface area (Å²) in [5, 5.41) is 0. The fourth-order valence-corrected chi connectivity index (χ4v) is 2.98. The summed E-state index contributed by atoms with van der Waals surface area (Å²) in [7, 11) is 0. The van der Waals surface area contributed by atoms with Crippen LogP contribution in [0.1, 0.15) is 24.8 Å². The molecule has 1 atom stereocenters. The van der Waals surface area contributed by atoms with E-state index in [2.05, 4.69) is 16.9 Å². The van der Waals surface area contributed by atoms with Gasteiger partial charge in [0.1, 0.15) is 6.10 Å². The van der Waals surface area contributed by atoms with Crippen molar-refractivity contribution in [1.29, 1.82) is 0 Å². The van der Waals surface area contributed by atoms with Crippen molar-refractivity contribution in [1.82, 2.24) is 10.9 Å². The maximum absolute atomic E-state index is 12.0. The number of fused-ring (bicyclic) bond motifs is 1. The standard InChI is InChI=1S/C16H21N3O3/c20-15(17-18-16(21)14-8-4-10-22-14)11-19-9-3-6-12-5-1-2-7-13(12)19/h1-2,5,7,14H,3-4,6,8-11H2,(H,17,20)(H,18,21)/t14-/m0/s1. The number of nitrogens with one attached hydrogen (secondary N) is 2. The maximum atomic E-state index is 12.0. The van der Waals surface area contributed by atoms with E-state index in [0.29, 0.717) is 13.0 Å². The van der Waals surface area contributed by atoms with Crippen LogP contribution >= 0.6 is 0 Å². The third-order valence-electron chi connectivity index (χ3n) is 4.09. The summed E-state index contributed by atoms with van der Waals surface area (Å²) in [6.07, 6.45) is 3.24. The Balaban J connectivity index is 1.51. The van der Waals surface area contributed by atoms with Gasteiger partial charge in [-0.2, -0.15) is 0 Å². The Morgan fingerprint density at radius 2 is 2.09 bits per heavy atom. The fourth-order valence-electron chi connectivity index (χ4n) is 2.98. The molecule has 3 rings (SSSR count). The van der Waals surface area contributed by atoms with E-state index in [9.17, 15) is 9.59 Å². The van der Waals surface area contributed by atoms with Crippen LogP contribution < -0.4 is 15.8 Å². The van der Waals surface area contributed by atoms with E-state index in [1.54, 1.807) is 0 Å². The summed E-state index contributed by atoms with van der Waals surface area (Å²) in [4.78, 5) is 25.9. The van der Waals surface area contributed by atoms with Gasteiger partial charge in [0.25, 0.3) is 11.8 Å². The smallest absolute Gasteiger partial charge is 0.267 e. The first kappa shape index (κ1) is 14.8. The number of nitrogens with zero attached hydrogens (tertiary/aromatic N) is 1. The molecular formula is C16H21N3O3. The van der Waals surface area contributed by atoms with Gasteiger partial charge in [-0.3, -0.25) is 20.4 Å². The van der Waals surface area contributed by atoms with Gasteiger partial charge in [0.2, 0.25) is 0 Å². The first-order valence-corrected chi connectivity index (χ1v) is 7.77. The van der Waals surface area contributed by atoms with Gasteiger partial charge >= 0.3 is 0 Å². The summed E-state index contributed by atoms with van der Waals surface area (Å²) in [5.41, 5.74) is 7.30. The predicted molar refractivity (Wildman–Crippen MR) is 82.2 cm³/mol. The number of para-hydroxylation sites is 1. The number of carbonyl (C=O) groups excluding carboxylic acids is 2. The van der Waals surface area contributed by atoms with Crippen molar-refractivity contribution in [3.63, 3.8) is 0 Å². The molecule has 1 saturated heterocycles. The highest BCUT2D eigenvalue weighted by atomic mass is 16.5. The average molecular weight is 303 g/mol. The lowest BCUT2D eigenvalue weighted by atomic mass is 10.0. The van der Waals surface area contributed by atoms with Gasteiger partial charge in [0.15, 0.2) is 0 Å². The second-order valence-electron chi connectivity index (χ2n) is 5.69. The second-order valence-corrected chi connectivity index (χ2v) is 5.69. The van der Waals surface area contributed by atoms with Crippen LogP contribution in [0.5, 0.6) is 0 Å². The van der Waals surface area contributed by atoms with Crippen molar-refractivity contribution in [2.24, 2.45) is 0 Å². The summed E-state index contributed by atoms with van der Waals surface area (Å²) < 4.78 is 5.27. The van der Waals surface area contributed by atoms with Crippen LogP contribution in [0.3, 0.4) is 0 Å². The minimum atomic E-state index is -0.434. The molecule has 118 valence electrons. The van der Waals surface area contributed by atoms with Gasteiger partial charge in [-0.05, 0) is 37.3 Å². The first-order chi connectivity index (χ1) is 10.7. The van der Waals surface area contributed by atoms with Crippen LogP contribution in [0.15, 0.2) is 24.3 Å². The van der Waals surface area contributed by atoms with Crippen molar-refractivity contribution >= 4 is 17.5 Å². The predicted octanol–water partition coefficient (Wildman–Crippen LogP) is 0.766. The first-order valence-electron chi connectivity index (χ1n) is 7.77. The molecule has 2 N–H and O–H groups in total. The van der Waals surface area contributed by atoms with E-state index in [1.165, 1.54) is 5.56 Å². The topological polar surface area (TPSA) is 70.7 Å². The Labute approximate surface area is 129 Å². The van der Waals surface area contributed by atoms with Gasteiger partial charge in [0, 0.05) is 18.8 Å². The third-order valence-corrected chi connectivity index (χ3v) is 4.09. The van der Waals surface area contributed by atoms with Crippen molar-refractivity contribution in [2.75, 3.05) is 24.6 Å². The quantitative estimate of drug-likeness (QED) is 0.809. The van der Waals surface area contributed by atoms with Crippen LogP contribution in [0.2, 0.25) is 0 Å². The molecule has 0 spiro atoms. The third kappa shape index (κ3) is 3.39. The zero-order valence-corrected chi connectivity index (χ0v) is 12.5. The van der Waals surface area contributed by atoms with Gasteiger partial charge in [0.05, 0.1) is 6.54 Å². The molecule has 6 heteroatoms. The zero-order valence-electron chi connectivity index (χ0n) is 12.5. The number of anilines is 1. The lowest BCUT2D eigenvalue weighted by Crippen LogP contribution is -2.50. The summed E-state index contributed by atoms with van der Waals surface area (Å²) in [5.74, 6) is -0.493. The number of amides is 2. The largest absolute Gasteiger partial charge is 0.368 e. The van der Waals surface area contributed by atoms with E-state index >= 15 is 0 Å². The highest BCUT2D eigenvalue weighted by Gasteiger charge is 2.24. The molecule has 0 radical (unpaired) electrons. The molecule has 0 unspecified atom stereocenters. The van der Waals surface area contributed by atoms with Crippen molar-refractivity contribution in [3.05, 3.63) is 29.8 Å². The van der Waals surface area contributed by atoms with Crippen molar-refractivity contribution in [2.45, 2.75) is 31.8 Å². The number of ether oxygens (including phenoxy) is 1. The van der Waals surface area contributed by atoms with Gasteiger partial charge in [-0.15, -0.1) is 0 Å². The summed E-state index contributed by atoms with van der Waals surface area (Å²) in [6.45, 7) is 1.70. The fraction of sp³-hybridized carbons (Fsp3) is 0.500. The molecule has 1 aromatic carbocycles. The molecule has 1 aromatic rings. The van der Waals surface area contributed by atoms with E-state index in [1.807, 2.05) is 23.1 Å². The van der Waals surface area contributed by atoms with Gasteiger partial charge in [-0.1, -0.05) is 18.2 Å².